The maximum atomic E-state index is 11.4. The number of aliphatic hydroxyl groups is 5. The van der Waals surface area contributed by atoms with Gasteiger partial charge in [0, 0.05) is 5.41 Å². The molecule has 2 saturated heterocycles. The first-order valence-electron chi connectivity index (χ1n) is 13.5. The van der Waals surface area contributed by atoms with E-state index in [-0.39, 0.29) is 11.5 Å². The average molecular weight is 497 g/mol. The molecule has 0 aromatic carbocycles. The van der Waals surface area contributed by atoms with Crippen LogP contribution in [-0.4, -0.2) is 80.8 Å². The second-order valence-corrected chi connectivity index (χ2v) is 12.4. The van der Waals surface area contributed by atoms with E-state index in [0.29, 0.717) is 24.4 Å². The quantitative estimate of drug-likeness (QED) is 0.375. The molecule has 35 heavy (non-hydrogen) atoms. The van der Waals surface area contributed by atoms with E-state index in [9.17, 15) is 25.5 Å². The summed E-state index contributed by atoms with van der Waals surface area (Å²) in [4.78, 5) is 0. The lowest BCUT2D eigenvalue weighted by Crippen LogP contribution is -2.66. The molecule has 5 aliphatic rings. The number of aliphatic hydroxyl groups excluding tert-OH is 4. The Morgan fingerprint density at radius 1 is 1.03 bits per heavy atom. The van der Waals surface area contributed by atoms with Gasteiger partial charge >= 0.3 is 0 Å². The van der Waals surface area contributed by atoms with Gasteiger partial charge in [-0.3, -0.25) is 0 Å². The lowest BCUT2D eigenvalue weighted by atomic mass is 9.45. The third-order valence-electron chi connectivity index (χ3n) is 10.7. The highest BCUT2D eigenvalue weighted by molar-refractivity contribution is 5.25. The molecule has 4 fully saturated rings. The van der Waals surface area contributed by atoms with E-state index < -0.39 is 48.0 Å². The highest BCUT2D eigenvalue weighted by Gasteiger charge is 2.64. The van der Waals surface area contributed by atoms with Gasteiger partial charge in [0.15, 0.2) is 12.1 Å². The Labute approximate surface area is 208 Å². The summed E-state index contributed by atoms with van der Waals surface area (Å²) >= 11 is 0. The molecule has 0 spiro atoms. The zero-order valence-electron chi connectivity index (χ0n) is 21.5. The van der Waals surface area contributed by atoms with Crippen molar-refractivity contribution in [2.24, 2.45) is 28.6 Å². The average Bonchev–Trinajstić information content (AvgIpc) is 2.81. The molecule has 2 heterocycles. The molecule has 0 unspecified atom stereocenters. The number of rotatable bonds is 3. The Morgan fingerprint density at radius 2 is 1.77 bits per heavy atom. The van der Waals surface area contributed by atoms with Crippen LogP contribution in [0.3, 0.4) is 0 Å². The highest BCUT2D eigenvalue weighted by Crippen LogP contribution is 2.65. The van der Waals surface area contributed by atoms with Gasteiger partial charge in [0.25, 0.3) is 0 Å². The van der Waals surface area contributed by atoms with Gasteiger partial charge in [-0.15, -0.1) is 0 Å². The molecular weight excluding hydrogens is 452 g/mol. The predicted molar refractivity (Wildman–Crippen MR) is 127 cm³/mol. The number of hydrogen-bond donors (Lipinski definition) is 5. The van der Waals surface area contributed by atoms with Crippen LogP contribution >= 0.6 is 0 Å². The Bertz CT molecular complexity index is 832. The Hall–Kier alpha value is -0.580. The van der Waals surface area contributed by atoms with Crippen LogP contribution in [0, 0.1) is 28.6 Å². The maximum Gasteiger partial charge on any atom is 0.197 e. The Morgan fingerprint density at radius 3 is 2.49 bits per heavy atom. The Kier molecular flexibility index (Phi) is 6.71. The Balaban J connectivity index is 1.32. The number of fused-ring (bicyclic) bond motifs is 5. The summed E-state index contributed by atoms with van der Waals surface area (Å²) in [5.41, 5.74) is 0.981. The van der Waals surface area contributed by atoms with Crippen molar-refractivity contribution in [2.45, 2.75) is 121 Å². The van der Waals surface area contributed by atoms with Crippen molar-refractivity contribution in [1.82, 2.24) is 0 Å². The summed E-state index contributed by atoms with van der Waals surface area (Å²) in [6, 6.07) is 0. The molecule has 0 bridgehead atoms. The summed E-state index contributed by atoms with van der Waals surface area (Å²) in [5, 5.41) is 52.3. The molecular formula is C27H44O8. The first-order chi connectivity index (χ1) is 16.4. The van der Waals surface area contributed by atoms with Crippen LogP contribution < -0.4 is 0 Å². The summed E-state index contributed by atoms with van der Waals surface area (Å²) in [7, 11) is 0. The van der Waals surface area contributed by atoms with Crippen molar-refractivity contribution in [1.29, 1.82) is 0 Å². The molecule has 8 heteroatoms. The second kappa shape index (κ2) is 9.02. The standard InChI is InChI=1S/C27H44O8/c1-14-21(29)22(30)23(31)24(34-14)35-17-7-10-25(3)16(13-17)5-6-18-19(25)8-11-26(4)20(18)9-12-33-27(26,32)15(2)28/h5,14-15,17-24,28-32H,6-13H2,1-4H3/t14-,15+,17+,18-,19+,20+,21+,22-,23+,24+,25+,26+,27-/m1/s1. The van der Waals surface area contributed by atoms with Crippen LogP contribution in [0.15, 0.2) is 11.6 Å². The van der Waals surface area contributed by atoms with Crippen LogP contribution in [0.25, 0.3) is 0 Å². The molecule has 0 amide bonds. The third kappa shape index (κ3) is 3.86. The second-order valence-electron chi connectivity index (χ2n) is 12.4. The minimum atomic E-state index is -1.51. The molecule has 2 aliphatic heterocycles. The van der Waals surface area contributed by atoms with Crippen molar-refractivity contribution >= 4 is 0 Å². The van der Waals surface area contributed by atoms with Crippen LogP contribution in [0.1, 0.15) is 72.6 Å². The third-order valence-corrected chi connectivity index (χ3v) is 10.7. The van der Waals surface area contributed by atoms with Crippen molar-refractivity contribution in [3.8, 4) is 0 Å². The number of allylic oxidation sites excluding steroid dienone is 1. The number of ether oxygens (including phenoxy) is 3. The van der Waals surface area contributed by atoms with E-state index in [2.05, 4.69) is 19.9 Å². The van der Waals surface area contributed by atoms with Gasteiger partial charge < -0.3 is 39.7 Å². The van der Waals surface area contributed by atoms with E-state index in [1.54, 1.807) is 13.8 Å². The molecule has 3 aliphatic carbocycles. The molecule has 200 valence electrons. The summed E-state index contributed by atoms with van der Waals surface area (Å²) in [6.45, 7) is 8.26. The van der Waals surface area contributed by atoms with Gasteiger partial charge in [-0.25, -0.2) is 0 Å². The summed E-state index contributed by atoms with van der Waals surface area (Å²) < 4.78 is 17.7. The first kappa shape index (κ1) is 26.0. The van der Waals surface area contributed by atoms with E-state index in [1.165, 1.54) is 5.57 Å². The monoisotopic (exact) mass is 496 g/mol. The maximum absolute atomic E-state index is 11.4. The zero-order chi connectivity index (χ0) is 25.3. The number of hydrogen-bond acceptors (Lipinski definition) is 8. The van der Waals surface area contributed by atoms with Crippen molar-refractivity contribution < 1.29 is 39.7 Å². The molecule has 0 aromatic rings. The fourth-order valence-electron chi connectivity index (χ4n) is 8.46. The lowest BCUT2D eigenvalue weighted by Gasteiger charge is -2.63. The van der Waals surface area contributed by atoms with E-state index in [4.69, 9.17) is 14.2 Å². The van der Waals surface area contributed by atoms with E-state index in [1.807, 2.05) is 0 Å². The normalized spacial score (nSPS) is 55.2. The van der Waals surface area contributed by atoms with Crippen LogP contribution in [-0.2, 0) is 14.2 Å². The van der Waals surface area contributed by atoms with Gasteiger partial charge in [-0.2, -0.15) is 0 Å². The van der Waals surface area contributed by atoms with Crippen molar-refractivity contribution in [2.75, 3.05) is 6.61 Å². The van der Waals surface area contributed by atoms with Crippen LogP contribution in [0.4, 0.5) is 0 Å². The van der Waals surface area contributed by atoms with E-state index >= 15 is 0 Å². The lowest BCUT2D eigenvalue weighted by molar-refractivity contribution is -0.359. The summed E-state index contributed by atoms with van der Waals surface area (Å²) in [5.74, 6) is -0.271. The van der Waals surface area contributed by atoms with Gasteiger partial charge in [0.05, 0.1) is 18.8 Å². The molecule has 0 aromatic heterocycles. The zero-order valence-corrected chi connectivity index (χ0v) is 21.5. The van der Waals surface area contributed by atoms with Gasteiger partial charge in [0.2, 0.25) is 0 Å². The molecule has 2 saturated carbocycles. The topological polar surface area (TPSA) is 129 Å². The largest absolute Gasteiger partial charge is 0.388 e. The SMILES string of the molecule is C[C@H](O)[C@@]1(O)OCC[C@H]2[C@@H]3CC=C4C[C@@H](O[C@@H]5O[C@H](C)[C@H](O)[C@@H](O)[C@@H]5O)CC[C@]4(C)[C@H]3CC[C@@]21C. The fourth-order valence-corrected chi connectivity index (χ4v) is 8.46. The minimum Gasteiger partial charge on any atom is -0.388 e. The first-order valence-corrected chi connectivity index (χ1v) is 13.5. The van der Waals surface area contributed by atoms with Crippen molar-refractivity contribution in [3.63, 3.8) is 0 Å². The molecule has 5 rings (SSSR count). The van der Waals surface area contributed by atoms with Crippen LogP contribution in [0.5, 0.6) is 0 Å². The molecule has 0 radical (unpaired) electrons. The predicted octanol–water partition coefficient (Wildman–Crippen LogP) is 1.86. The van der Waals surface area contributed by atoms with Gasteiger partial charge in [-0.05, 0) is 82.0 Å². The van der Waals surface area contributed by atoms with E-state index in [0.717, 1.165) is 44.9 Å². The fraction of sp³-hybridized carbons (Fsp3) is 0.926. The smallest absolute Gasteiger partial charge is 0.197 e. The highest BCUT2D eigenvalue weighted by atomic mass is 16.7. The van der Waals surface area contributed by atoms with Crippen LogP contribution in [0.2, 0.25) is 0 Å². The molecule has 5 N–H and O–H groups in total. The molecule has 13 atom stereocenters. The van der Waals surface area contributed by atoms with Gasteiger partial charge in [-0.1, -0.05) is 25.5 Å². The minimum absolute atomic E-state index is 0.0559. The van der Waals surface area contributed by atoms with Crippen molar-refractivity contribution in [3.05, 3.63) is 11.6 Å². The summed E-state index contributed by atoms with van der Waals surface area (Å²) in [6.07, 6.45) is 2.28. The molecule has 8 nitrogen and oxygen atoms in total. The van der Waals surface area contributed by atoms with Gasteiger partial charge in [0.1, 0.15) is 24.4 Å².